The molecule has 1 aliphatic heterocycles. The van der Waals surface area contributed by atoms with Crippen LogP contribution in [0.3, 0.4) is 0 Å². The maximum atomic E-state index is 12.9. The number of pyridine rings is 1. The van der Waals surface area contributed by atoms with Gasteiger partial charge in [0.25, 0.3) is 6.43 Å². The van der Waals surface area contributed by atoms with E-state index in [1.165, 1.54) is 18.2 Å². The van der Waals surface area contributed by atoms with Crippen LogP contribution in [-0.2, 0) is 4.79 Å². The molecule has 2 heterocycles. The van der Waals surface area contributed by atoms with E-state index < -0.39 is 56.1 Å². The number of hydrogen-bond donors (Lipinski definition) is 2. The molecule has 2 rings (SSSR count). The van der Waals surface area contributed by atoms with E-state index in [1.807, 2.05) is 0 Å². The SMILES string of the molecule is O=C(O)[C@@H]1CN(C(=O)Nc2cccc(OCC(F)F)n2)C[C@H]1C(F)(F)F. The average molecular weight is 383 g/mol. The number of carboxylic acid groups (broad SMARTS) is 1. The zero-order valence-electron chi connectivity index (χ0n) is 13.0. The summed E-state index contributed by atoms with van der Waals surface area (Å²) in [6, 6.07) is 2.89. The molecule has 26 heavy (non-hydrogen) atoms. The van der Waals surface area contributed by atoms with Gasteiger partial charge in [-0.15, -0.1) is 0 Å². The zero-order valence-corrected chi connectivity index (χ0v) is 13.0. The Bertz CT molecular complexity index is 670. The standard InChI is InChI=1S/C14H14F5N3O4/c15-9(16)6-26-11-3-1-2-10(20-11)21-13(25)22-4-7(12(23)24)8(5-22)14(17,18)19/h1-3,7-9H,4-6H2,(H,23,24)(H,20,21,25)/t7-,8-/m1/s1. The van der Waals surface area contributed by atoms with Gasteiger partial charge in [0.1, 0.15) is 5.82 Å². The molecule has 2 atom stereocenters. The summed E-state index contributed by atoms with van der Waals surface area (Å²) in [7, 11) is 0. The number of carbonyl (C=O) groups is 2. The molecule has 2 amide bonds. The molecule has 12 heteroatoms. The Hall–Kier alpha value is -2.66. The first-order valence-electron chi connectivity index (χ1n) is 7.31. The Labute approximate surface area is 143 Å². The maximum absolute atomic E-state index is 12.9. The molecule has 1 saturated heterocycles. The Kier molecular flexibility index (Phi) is 5.83. The van der Waals surface area contributed by atoms with Crippen LogP contribution in [0.4, 0.5) is 32.6 Å². The molecular formula is C14H14F5N3O4. The third kappa shape index (κ3) is 4.92. The molecule has 1 aromatic heterocycles. The van der Waals surface area contributed by atoms with E-state index in [1.54, 1.807) is 0 Å². The highest BCUT2D eigenvalue weighted by Gasteiger charge is 2.53. The molecule has 0 saturated carbocycles. The fraction of sp³-hybridized carbons (Fsp3) is 0.500. The summed E-state index contributed by atoms with van der Waals surface area (Å²) in [4.78, 5) is 27.5. The number of hydrogen-bond acceptors (Lipinski definition) is 4. The number of anilines is 1. The summed E-state index contributed by atoms with van der Waals surface area (Å²) < 4.78 is 67.7. The lowest BCUT2D eigenvalue weighted by Crippen LogP contribution is -2.35. The lowest BCUT2D eigenvalue weighted by Gasteiger charge is -2.18. The zero-order chi connectivity index (χ0) is 19.5. The highest BCUT2D eigenvalue weighted by Crippen LogP contribution is 2.37. The van der Waals surface area contributed by atoms with Gasteiger partial charge >= 0.3 is 18.2 Å². The maximum Gasteiger partial charge on any atom is 0.394 e. The van der Waals surface area contributed by atoms with Crippen LogP contribution in [0, 0.1) is 11.8 Å². The summed E-state index contributed by atoms with van der Waals surface area (Å²) in [5.41, 5.74) is 0. The van der Waals surface area contributed by atoms with Crippen molar-refractivity contribution >= 4 is 17.8 Å². The Morgan fingerprint density at radius 3 is 2.58 bits per heavy atom. The van der Waals surface area contributed by atoms with Crippen LogP contribution in [-0.4, -0.2) is 59.3 Å². The van der Waals surface area contributed by atoms with Crippen molar-refractivity contribution in [1.82, 2.24) is 9.88 Å². The number of urea groups is 1. The smallest absolute Gasteiger partial charge is 0.394 e. The topological polar surface area (TPSA) is 91.8 Å². The van der Waals surface area contributed by atoms with E-state index in [-0.39, 0.29) is 11.7 Å². The Balaban J connectivity index is 2.04. The lowest BCUT2D eigenvalue weighted by atomic mass is 9.96. The van der Waals surface area contributed by atoms with Gasteiger partial charge in [-0.25, -0.2) is 13.6 Å². The fourth-order valence-electron chi connectivity index (χ4n) is 2.45. The van der Waals surface area contributed by atoms with Gasteiger partial charge in [0.05, 0.1) is 11.8 Å². The van der Waals surface area contributed by atoms with Crippen molar-refractivity contribution in [3.05, 3.63) is 18.2 Å². The second-order valence-electron chi connectivity index (χ2n) is 5.49. The number of halogens is 5. The highest BCUT2D eigenvalue weighted by atomic mass is 19.4. The molecule has 7 nitrogen and oxygen atoms in total. The molecule has 1 aliphatic rings. The van der Waals surface area contributed by atoms with E-state index in [0.717, 1.165) is 0 Å². The Morgan fingerprint density at radius 2 is 2.04 bits per heavy atom. The number of nitrogens with zero attached hydrogens (tertiary/aromatic N) is 2. The number of aliphatic carboxylic acids is 1. The number of ether oxygens (including phenoxy) is 1. The highest BCUT2D eigenvalue weighted by molar-refractivity contribution is 5.89. The molecule has 1 fully saturated rings. The van der Waals surface area contributed by atoms with Gasteiger partial charge in [-0.3, -0.25) is 10.1 Å². The first-order valence-corrected chi connectivity index (χ1v) is 7.31. The third-order valence-electron chi connectivity index (χ3n) is 3.66. The predicted molar refractivity (Wildman–Crippen MR) is 77.0 cm³/mol. The van der Waals surface area contributed by atoms with Crippen molar-refractivity contribution in [1.29, 1.82) is 0 Å². The first-order chi connectivity index (χ1) is 12.1. The van der Waals surface area contributed by atoms with Gasteiger partial charge in [-0.2, -0.15) is 18.2 Å². The largest absolute Gasteiger partial charge is 0.481 e. The van der Waals surface area contributed by atoms with Crippen LogP contribution in [0.2, 0.25) is 0 Å². The van der Waals surface area contributed by atoms with Gasteiger partial charge in [0.15, 0.2) is 6.61 Å². The van der Waals surface area contributed by atoms with E-state index >= 15 is 0 Å². The Morgan fingerprint density at radius 1 is 1.35 bits per heavy atom. The molecule has 0 unspecified atom stereocenters. The molecule has 0 bridgehead atoms. The van der Waals surface area contributed by atoms with Crippen molar-refractivity contribution in [2.24, 2.45) is 11.8 Å². The van der Waals surface area contributed by atoms with E-state index in [9.17, 15) is 31.5 Å². The summed E-state index contributed by atoms with van der Waals surface area (Å²) in [6.07, 6.45) is -7.49. The van der Waals surface area contributed by atoms with Crippen LogP contribution in [0.1, 0.15) is 0 Å². The van der Waals surface area contributed by atoms with Crippen LogP contribution < -0.4 is 10.1 Å². The van der Waals surface area contributed by atoms with Gasteiger partial charge in [-0.1, -0.05) is 6.07 Å². The molecule has 1 aromatic rings. The second kappa shape index (κ2) is 7.70. The van der Waals surface area contributed by atoms with E-state index in [4.69, 9.17) is 5.11 Å². The van der Waals surface area contributed by atoms with Gasteiger partial charge in [-0.05, 0) is 6.07 Å². The van der Waals surface area contributed by atoms with Gasteiger partial charge in [0.2, 0.25) is 5.88 Å². The van der Waals surface area contributed by atoms with Crippen molar-refractivity contribution in [2.45, 2.75) is 12.6 Å². The summed E-state index contributed by atoms with van der Waals surface area (Å²) in [5, 5.41) is 11.1. The number of carbonyl (C=O) groups excluding carboxylic acids is 1. The molecule has 0 aromatic carbocycles. The van der Waals surface area contributed by atoms with Crippen LogP contribution in [0.5, 0.6) is 5.88 Å². The molecule has 0 aliphatic carbocycles. The number of aromatic nitrogens is 1. The number of likely N-dealkylation sites (tertiary alicyclic amines) is 1. The lowest BCUT2D eigenvalue weighted by molar-refractivity contribution is -0.187. The van der Waals surface area contributed by atoms with Crippen molar-refractivity contribution < 1.29 is 41.4 Å². The number of alkyl halides is 5. The average Bonchev–Trinajstić information content (AvgIpc) is 2.99. The van der Waals surface area contributed by atoms with Crippen molar-refractivity contribution in [3.63, 3.8) is 0 Å². The second-order valence-corrected chi connectivity index (χ2v) is 5.49. The minimum Gasteiger partial charge on any atom is -0.481 e. The van der Waals surface area contributed by atoms with Crippen molar-refractivity contribution in [3.8, 4) is 5.88 Å². The predicted octanol–water partition coefficient (Wildman–Crippen LogP) is 2.45. The monoisotopic (exact) mass is 383 g/mol. The minimum absolute atomic E-state index is 0.135. The van der Waals surface area contributed by atoms with Crippen LogP contribution >= 0.6 is 0 Å². The minimum atomic E-state index is -4.76. The summed E-state index contributed by atoms with van der Waals surface area (Å²) in [5.74, 6) is -5.94. The number of rotatable bonds is 5. The van der Waals surface area contributed by atoms with Crippen LogP contribution in [0.15, 0.2) is 18.2 Å². The molecule has 2 N–H and O–H groups in total. The molecule has 144 valence electrons. The van der Waals surface area contributed by atoms with E-state index in [0.29, 0.717) is 4.90 Å². The quantitative estimate of drug-likeness (QED) is 0.763. The van der Waals surface area contributed by atoms with Gasteiger partial charge < -0.3 is 14.7 Å². The normalized spacial score (nSPS) is 20.3. The molecule has 0 radical (unpaired) electrons. The summed E-state index contributed by atoms with van der Waals surface area (Å²) >= 11 is 0. The van der Waals surface area contributed by atoms with Crippen LogP contribution in [0.25, 0.3) is 0 Å². The third-order valence-corrected chi connectivity index (χ3v) is 3.66. The van der Waals surface area contributed by atoms with Gasteiger partial charge in [0, 0.05) is 19.2 Å². The van der Waals surface area contributed by atoms with Crippen molar-refractivity contribution in [2.75, 3.05) is 25.0 Å². The number of amides is 2. The van der Waals surface area contributed by atoms with E-state index in [2.05, 4.69) is 15.0 Å². The molecular weight excluding hydrogens is 369 g/mol. The first kappa shape index (κ1) is 19.7. The fourth-order valence-corrected chi connectivity index (χ4v) is 2.45. The summed E-state index contributed by atoms with van der Waals surface area (Å²) in [6.45, 7) is -2.34. The number of nitrogens with one attached hydrogen (secondary N) is 1. The molecule has 0 spiro atoms. The number of carboxylic acids is 1.